The Balaban J connectivity index is 2.09. The second kappa shape index (κ2) is 6.37. The molecule has 0 unspecified atom stereocenters. The minimum absolute atomic E-state index is 0.158. The molecule has 4 nitrogen and oxygen atoms in total. The molecule has 1 N–H and O–H groups in total. The van der Waals surface area contributed by atoms with E-state index in [0.29, 0.717) is 22.4 Å². The van der Waals surface area contributed by atoms with E-state index in [1.54, 1.807) is 23.6 Å². The lowest BCUT2D eigenvalue weighted by Gasteiger charge is -2.07. The summed E-state index contributed by atoms with van der Waals surface area (Å²) in [5.74, 6) is -1.04. The number of hydrogen-bond donors (Lipinski definition) is 1. The fourth-order valence-electron chi connectivity index (χ4n) is 2.52. The van der Waals surface area contributed by atoms with Gasteiger partial charge in [0.2, 0.25) is 5.69 Å². The van der Waals surface area contributed by atoms with Crippen molar-refractivity contribution in [3.63, 3.8) is 0 Å². The Labute approximate surface area is 142 Å². The molecule has 0 saturated carbocycles. The summed E-state index contributed by atoms with van der Waals surface area (Å²) in [6.07, 6.45) is 0. The zero-order valence-electron chi connectivity index (χ0n) is 12.4. The quantitative estimate of drug-likeness (QED) is 0.671. The van der Waals surface area contributed by atoms with Gasteiger partial charge < -0.3 is 5.11 Å². The van der Waals surface area contributed by atoms with Crippen molar-refractivity contribution in [3.8, 4) is 28.3 Å². The molecule has 0 atom stereocenters. The number of aromatic carboxylic acids is 1. The number of hydrogen-bond acceptors (Lipinski definition) is 3. The number of carbonyl (C=O) groups is 1. The van der Waals surface area contributed by atoms with Crippen LogP contribution in [0.1, 0.15) is 15.2 Å². The molecule has 1 aromatic heterocycles. The van der Waals surface area contributed by atoms with Crippen molar-refractivity contribution in [2.24, 2.45) is 0 Å². The minimum atomic E-state index is -1.04. The predicted molar refractivity (Wildman–Crippen MR) is 93.1 cm³/mol. The first kappa shape index (κ1) is 15.5. The third-order valence-electron chi connectivity index (χ3n) is 3.62. The van der Waals surface area contributed by atoms with Crippen LogP contribution < -0.4 is 0 Å². The summed E-state index contributed by atoms with van der Waals surface area (Å²) in [5.41, 5.74) is 3.73. The molecule has 24 heavy (non-hydrogen) atoms. The summed E-state index contributed by atoms with van der Waals surface area (Å²) in [6, 6.07) is 16.7. The van der Waals surface area contributed by atoms with Crippen molar-refractivity contribution in [3.05, 3.63) is 75.8 Å². The van der Waals surface area contributed by atoms with Crippen LogP contribution in [0.4, 0.5) is 5.69 Å². The highest BCUT2D eigenvalue weighted by Crippen LogP contribution is 2.39. The first-order valence-electron chi connectivity index (χ1n) is 6.98. The standard InChI is InChI=1S/C19H10N2O2S/c1-21-16-11-24-18(19(22)23)17(16)13-8-6-12(7-9-13)15-5-3-2-4-14(15)10-20/h2-9,11H,(H,22,23). The largest absolute Gasteiger partial charge is 0.477 e. The van der Waals surface area contributed by atoms with Gasteiger partial charge in [-0.15, -0.1) is 11.3 Å². The lowest BCUT2D eigenvalue weighted by atomic mass is 9.97. The van der Waals surface area contributed by atoms with Crippen LogP contribution in [-0.4, -0.2) is 11.1 Å². The van der Waals surface area contributed by atoms with Crippen LogP contribution in [0.25, 0.3) is 27.1 Å². The highest BCUT2D eigenvalue weighted by atomic mass is 32.1. The molecule has 0 fully saturated rings. The number of rotatable bonds is 3. The lowest BCUT2D eigenvalue weighted by molar-refractivity contribution is 0.0703. The summed E-state index contributed by atoms with van der Waals surface area (Å²) in [4.78, 5) is 14.9. The maximum Gasteiger partial charge on any atom is 0.345 e. The van der Waals surface area contributed by atoms with Crippen LogP contribution in [0, 0.1) is 17.9 Å². The molecule has 0 radical (unpaired) electrons. The molecule has 0 spiro atoms. The number of benzene rings is 2. The monoisotopic (exact) mass is 330 g/mol. The molecule has 0 aliphatic carbocycles. The Morgan fingerprint density at radius 3 is 2.42 bits per heavy atom. The maximum absolute atomic E-state index is 11.4. The molecule has 1 heterocycles. The van der Waals surface area contributed by atoms with Crippen LogP contribution in [0.5, 0.6) is 0 Å². The fourth-order valence-corrected chi connectivity index (χ4v) is 3.36. The highest BCUT2D eigenvalue weighted by Gasteiger charge is 2.18. The number of carboxylic acid groups (broad SMARTS) is 1. The third kappa shape index (κ3) is 2.65. The van der Waals surface area contributed by atoms with Crippen molar-refractivity contribution in [1.82, 2.24) is 0 Å². The Bertz CT molecular complexity index is 1010. The summed E-state index contributed by atoms with van der Waals surface area (Å²) < 4.78 is 0. The Kier molecular flexibility index (Phi) is 4.11. The molecule has 0 saturated heterocycles. The maximum atomic E-state index is 11.4. The molecule has 0 aliphatic rings. The molecule has 5 heteroatoms. The number of thiophene rings is 1. The summed E-state index contributed by atoms with van der Waals surface area (Å²) in [7, 11) is 0. The zero-order valence-corrected chi connectivity index (χ0v) is 13.2. The molecule has 0 amide bonds. The summed E-state index contributed by atoms with van der Waals surface area (Å²) in [6.45, 7) is 7.22. The number of nitrogens with zero attached hydrogens (tertiary/aromatic N) is 2. The van der Waals surface area contributed by atoms with E-state index in [4.69, 9.17) is 6.57 Å². The van der Waals surface area contributed by atoms with Crippen molar-refractivity contribution in [2.75, 3.05) is 0 Å². The van der Waals surface area contributed by atoms with Gasteiger partial charge in [-0.2, -0.15) is 5.26 Å². The molecule has 114 valence electrons. The Morgan fingerprint density at radius 1 is 1.12 bits per heavy atom. The average molecular weight is 330 g/mol. The van der Waals surface area contributed by atoms with Crippen LogP contribution >= 0.6 is 11.3 Å². The molecule has 2 aromatic carbocycles. The Hall–Kier alpha value is -3.41. The molecular formula is C19H10N2O2S. The van der Waals surface area contributed by atoms with Crippen molar-refractivity contribution in [1.29, 1.82) is 5.26 Å². The average Bonchev–Trinajstić information content (AvgIpc) is 3.06. The van der Waals surface area contributed by atoms with Crippen molar-refractivity contribution in [2.45, 2.75) is 0 Å². The predicted octanol–water partition coefficient (Wildman–Crippen LogP) is 5.20. The van der Waals surface area contributed by atoms with Gasteiger partial charge in [0.15, 0.2) is 0 Å². The highest BCUT2D eigenvalue weighted by molar-refractivity contribution is 7.13. The van der Waals surface area contributed by atoms with Gasteiger partial charge in [-0.05, 0) is 28.1 Å². The zero-order chi connectivity index (χ0) is 17.1. The Morgan fingerprint density at radius 2 is 1.79 bits per heavy atom. The van der Waals surface area contributed by atoms with Gasteiger partial charge in [-0.25, -0.2) is 9.64 Å². The van der Waals surface area contributed by atoms with E-state index >= 15 is 0 Å². The fraction of sp³-hybridized carbons (Fsp3) is 0. The van der Waals surface area contributed by atoms with E-state index in [9.17, 15) is 15.2 Å². The van der Waals surface area contributed by atoms with Gasteiger partial charge >= 0.3 is 5.97 Å². The molecule has 0 bridgehead atoms. The van der Waals surface area contributed by atoms with Crippen LogP contribution in [0.3, 0.4) is 0 Å². The molecule has 3 rings (SSSR count). The van der Waals surface area contributed by atoms with Crippen LogP contribution in [0.15, 0.2) is 53.9 Å². The van der Waals surface area contributed by atoms with Crippen molar-refractivity contribution < 1.29 is 9.90 Å². The van der Waals surface area contributed by atoms with Crippen LogP contribution in [0.2, 0.25) is 0 Å². The second-order valence-corrected chi connectivity index (χ2v) is 5.86. The van der Waals surface area contributed by atoms with E-state index in [1.807, 2.05) is 30.3 Å². The first-order chi connectivity index (χ1) is 11.7. The summed E-state index contributed by atoms with van der Waals surface area (Å²) in [5, 5.41) is 20.1. The lowest BCUT2D eigenvalue weighted by Crippen LogP contribution is -1.94. The van der Waals surface area contributed by atoms with Gasteiger partial charge in [0.05, 0.1) is 18.2 Å². The number of nitriles is 1. The normalized spacial score (nSPS) is 9.92. The van der Waals surface area contributed by atoms with Crippen LogP contribution in [-0.2, 0) is 0 Å². The molecule has 3 aromatic rings. The van der Waals surface area contributed by atoms with E-state index < -0.39 is 5.97 Å². The second-order valence-electron chi connectivity index (χ2n) is 4.98. The van der Waals surface area contributed by atoms with E-state index in [1.165, 1.54) is 0 Å². The first-order valence-corrected chi connectivity index (χ1v) is 7.86. The third-order valence-corrected chi connectivity index (χ3v) is 4.57. The molecular weight excluding hydrogens is 320 g/mol. The van der Waals surface area contributed by atoms with Crippen molar-refractivity contribution >= 4 is 23.0 Å². The van der Waals surface area contributed by atoms with Gasteiger partial charge in [0.1, 0.15) is 4.88 Å². The van der Waals surface area contributed by atoms with Gasteiger partial charge in [-0.1, -0.05) is 42.5 Å². The smallest absolute Gasteiger partial charge is 0.345 e. The molecule has 0 aliphatic heterocycles. The number of carboxylic acids is 1. The van der Waals surface area contributed by atoms with Gasteiger partial charge in [0.25, 0.3) is 0 Å². The summed E-state index contributed by atoms with van der Waals surface area (Å²) >= 11 is 1.05. The van der Waals surface area contributed by atoms with E-state index in [2.05, 4.69) is 10.9 Å². The SMILES string of the molecule is [C-]#[N+]c1csc(C(=O)O)c1-c1ccc(-c2ccccc2C#N)cc1. The van der Waals surface area contributed by atoms with E-state index in [-0.39, 0.29) is 4.88 Å². The minimum Gasteiger partial charge on any atom is -0.477 e. The van der Waals surface area contributed by atoms with Gasteiger partial charge in [0, 0.05) is 5.56 Å². The van der Waals surface area contributed by atoms with Gasteiger partial charge in [-0.3, -0.25) is 0 Å². The van der Waals surface area contributed by atoms with E-state index in [0.717, 1.165) is 22.5 Å². The topological polar surface area (TPSA) is 65.4 Å².